The summed E-state index contributed by atoms with van der Waals surface area (Å²) in [5.41, 5.74) is 8.43. The van der Waals surface area contributed by atoms with Crippen molar-refractivity contribution in [1.29, 1.82) is 5.26 Å². The Balaban J connectivity index is 0.778. The zero-order valence-corrected chi connectivity index (χ0v) is 40.0. The van der Waals surface area contributed by atoms with Crippen molar-refractivity contribution in [3.63, 3.8) is 0 Å². The summed E-state index contributed by atoms with van der Waals surface area (Å²) in [6, 6.07) is 35.9. The van der Waals surface area contributed by atoms with Crippen LogP contribution >= 0.6 is 0 Å². The Morgan fingerprint density at radius 1 is 0.671 bits per heavy atom. The lowest BCUT2D eigenvalue weighted by Crippen LogP contribution is -2.24. The predicted molar refractivity (Wildman–Crippen MR) is 269 cm³/mol. The summed E-state index contributed by atoms with van der Waals surface area (Å²) in [6.07, 6.45) is 6.92. The van der Waals surface area contributed by atoms with Crippen LogP contribution in [0.4, 0.5) is 11.9 Å². The van der Waals surface area contributed by atoms with Gasteiger partial charge in [0.25, 0.3) is 6.04 Å². The van der Waals surface area contributed by atoms with E-state index in [9.17, 15) is 10.4 Å². The fourth-order valence-electron chi connectivity index (χ4n) is 9.24. The molecule has 6 aromatic heterocycles. The first-order valence-electron chi connectivity index (χ1n) is 24.3. The molecule has 3 fully saturated rings. The largest absolute Gasteiger partial charge is 0.383 e. The van der Waals surface area contributed by atoms with Crippen molar-refractivity contribution in [2.24, 2.45) is 0 Å². The van der Waals surface area contributed by atoms with Crippen LogP contribution in [0.25, 0.3) is 50.1 Å². The molecule has 0 radical (unpaired) electrons. The van der Waals surface area contributed by atoms with Crippen LogP contribution in [0.1, 0.15) is 66.0 Å². The van der Waals surface area contributed by atoms with E-state index in [0.717, 1.165) is 40.9 Å². The summed E-state index contributed by atoms with van der Waals surface area (Å²) >= 11 is 0. The number of rotatable bonds is 15. The number of methoxy groups -OCH3 is 1. The van der Waals surface area contributed by atoms with E-state index < -0.39 is 5.60 Å². The maximum atomic E-state index is 12.0. The van der Waals surface area contributed by atoms with Crippen molar-refractivity contribution >= 4 is 11.9 Å². The second-order valence-corrected chi connectivity index (χ2v) is 18.4. The van der Waals surface area contributed by atoms with Gasteiger partial charge in [-0.3, -0.25) is 9.97 Å². The number of aromatic nitrogens is 12. The second-order valence-electron chi connectivity index (χ2n) is 18.4. The Kier molecular flexibility index (Phi) is 13.6. The Bertz CT molecular complexity index is 3370. The lowest BCUT2D eigenvalue weighted by atomic mass is 9.96. The molecular formula is C53H51N16O4+. The summed E-state index contributed by atoms with van der Waals surface area (Å²) in [6.45, 7) is 3.66. The van der Waals surface area contributed by atoms with E-state index in [0.29, 0.717) is 128 Å². The Morgan fingerprint density at radius 2 is 1.23 bits per heavy atom. The molecule has 2 saturated heterocycles. The molecule has 2 aliphatic heterocycles. The Morgan fingerprint density at radius 3 is 1.84 bits per heavy atom. The minimum atomic E-state index is -1.17. The van der Waals surface area contributed by atoms with Gasteiger partial charge in [0, 0.05) is 37.9 Å². The summed E-state index contributed by atoms with van der Waals surface area (Å²) in [7, 11) is 1.65. The second kappa shape index (κ2) is 21.1. The van der Waals surface area contributed by atoms with Gasteiger partial charge in [-0.2, -0.15) is 5.26 Å². The minimum Gasteiger partial charge on any atom is -0.383 e. The Labute approximate surface area is 420 Å². The first-order valence-corrected chi connectivity index (χ1v) is 24.3. The molecule has 1 saturated carbocycles. The molecule has 0 bridgehead atoms. The molecule has 1 aliphatic carbocycles. The van der Waals surface area contributed by atoms with Crippen LogP contribution in [-0.4, -0.2) is 117 Å². The molecule has 0 spiro atoms. The molecule has 0 amide bonds. The fraction of sp³-hybridized carbons (Fsp3) is 0.321. The average Bonchev–Trinajstić information content (AvgIpc) is 4.30. The van der Waals surface area contributed by atoms with E-state index in [-0.39, 0.29) is 18.1 Å². The summed E-state index contributed by atoms with van der Waals surface area (Å²) < 4.78 is 19.9. The number of aliphatic hydroxyl groups is 1. The maximum Gasteiger partial charge on any atom is 0.311 e. The Hall–Kier alpha value is -8.40. The van der Waals surface area contributed by atoms with Crippen LogP contribution in [0.5, 0.6) is 0 Å². The van der Waals surface area contributed by atoms with Crippen LogP contribution in [0.2, 0.25) is 0 Å². The molecule has 2 unspecified atom stereocenters. The molecule has 366 valence electrons. The third kappa shape index (κ3) is 11.2. The highest BCUT2D eigenvalue weighted by Crippen LogP contribution is 2.40. The van der Waals surface area contributed by atoms with Crippen molar-refractivity contribution in [2.45, 2.75) is 75.5 Å². The highest BCUT2D eigenvalue weighted by Gasteiger charge is 2.45. The van der Waals surface area contributed by atoms with Gasteiger partial charge in [-0.1, -0.05) is 51.7 Å². The highest BCUT2D eigenvalue weighted by molar-refractivity contribution is 5.70. The van der Waals surface area contributed by atoms with E-state index in [1.54, 1.807) is 28.6 Å². The highest BCUT2D eigenvalue weighted by atomic mass is 16.5. The number of hydrogen-bond acceptors (Lipinski definition) is 17. The standard InChI is InChI=1S/C53H51N16O4/c1-71-31-41-12-4-10-39(56-41)27-68-29-48(64-66-68)47-23-45(61-52(63-47)59-43-16-19-73-33-43)37-9-3-7-35(21-37)26-55-38-14-17-53(70,24-38)50-13-5-11-40(57-50)28-69-30-49(65-67-69)46-22-44(36-8-2-6-34(20-36)25-54)60-51(62-46)58-42-15-18-72-32-42/h2-13,20-23,29-30,38,42-43,70H,14-19,24,27-28,31-33H2,1H3,(H,58,60,62)(H,59,61,63)/q+1/t38?,42-,43-,53?/m0/s1. The summed E-state index contributed by atoms with van der Waals surface area (Å²) in [4.78, 5) is 33.8. The number of hydrogen-bond donors (Lipinski definition) is 3. The van der Waals surface area contributed by atoms with Crippen molar-refractivity contribution in [1.82, 2.24) is 59.9 Å². The van der Waals surface area contributed by atoms with Gasteiger partial charge in [0.1, 0.15) is 22.6 Å². The zero-order chi connectivity index (χ0) is 49.6. The van der Waals surface area contributed by atoms with E-state index in [1.807, 2.05) is 97.3 Å². The maximum absolute atomic E-state index is 12.0. The van der Waals surface area contributed by atoms with E-state index in [1.165, 1.54) is 0 Å². The molecule has 73 heavy (non-hydrogen) atoms. The predicted octanol–water partition coefficient (Wildman–Crippen LogP) is 6.55. The van der Waals surface area contributed by atoms with Crippen LogP contribution < -0.4 is 10.6 Å². The number of nitrogens with one attached hydrogen (secondary N) is 2. The van der Waals surface area contributed by atoms with Crippen LogP contribution in [0.3, 0.4) is 0 Å². The van der Waals surface area contributed by atoms with E-state index in [2.05, 4.69) is 48.4 Å². The van der Waals surface area contributed by atoms with Crippen LogP contribution in [0.15, 0.2) is 109 Å². The van der Waals surface area contributed by atoms with Gasteiger partial charge in [0.05, 0.1) is 121 Å². The quantitative estimate of drug-likeness (QED) is 0.0987. The summed E-state index contributed by atoms with van der Waals surface area (Å²) in [5.74, 6) is 0.911. The molecule has 20 heteroatoms. The first-order chi connectivity index (χ1) is 35.8. The SMILES string of the molecule is COCc1cccc(Cn2cc(-c3cc(-c4cccc(C#[N+]C5CCC(O)(c6cccc(Cn7cc(-c8cc(-c9cccc(C#N)c9)nc(N[C@H]9CCOC9)n8)nn7)n6)C5)c4)nc(N[C@H]4CCOC4)n3)nn2)n1. The van der Waals surface area contributed by atoms with E-state index >= 15 is 0 Å². The average molecular weight is 976 g/mol. The van der Waals surface area contributed by atoms with Crippen molar-refractivity contribution in [3.8, 4) is 57.4 Å². The lowest BCUT2D eigenvalue weighted by molar-refractivity contribution is 0.0393. The molecular weight excluding hydrogens is 925 g/mol. The van der Waals surface area contributed by atoms with Crippen molar-refractivity contribution in [2.75, 3.05) is 44.2 Å². The first kappa shape index (κ1) is 47.0. The smallest absolute Gasteiger partial charge is 0.311 e. The van der Waals surface area contributed by atoms with Gasteiger partial charge in [0.2, 0.25) is 11.9 Å². The van der Waals surface area contributed by atoms with Gasteiger partial charge < -0.3 is 30.0 Å². The molecule has 11 rings (SSSR count). The molecule has 8 aromatic rings. The topological polar surface area (TPSA) is 239 Å². The fourth-order valence-corrected chi connectivity index (χ4v) is 9.24. The number of anilines is 2. The van der Waals surface area contributed by atoms with Crippen LogP contribution in [-0.2, 0) is 39.5 Å². The molecule has 20 nitrogen and oxygen atoms in total. The van der Waals surface area contributed by atoms with Gasteiger partial charge >= 0.3 is 6.07 Å². The number of nitrogens with zero attached hydrogens (tertiary/aromatic N) is 14. The van der Waals surface area contributed by atoms with Gasteiger partial charge in [-0.05, 0) is 79.9 Å². The molecule has 3 aliphatic rings. The monoisotopic (exact) mass is 975 g/mol. The molecule has 4 atom stereocenters. The zero-order valence-electron chi connectivity index (χ0n) is 40.0. The lowest BCUT2D eigenvalue weighted by Gasteiger charge is -2.20. The third-order valence-electron chi connectivity index (χ3n) is 13.0. The normalized spacial score (nSPS) is 19.3. The number of pyridine rings is 2. The summed E-state index contributed by atoms with van der Waals surface area (Å²) in [5, 5.41) is 46.2. The number of nitriles is 1. The van der Waals surface area contributed by atoms with Gasteiger partial charge in [-0.25, -0.2) is 29.3 Å². The number of ether oxygens (including phenoxy) is 3. The van der Waals surface area contributed by atoms with E-state index in [4.69, 9.17) is 44.0 Å². The van der Waals surface area contributed by atoms with Crippen molar-refractivity contribution in [3.05, 3.63) is 148 Å². The molecule has 8 heterocycles. The van der Waals surface area contributed by atoms with Crippen LogP contribution in [0, 0.1) is 17.4 Å². The molecule has 2 aromatic carbocycles. The van der Waals surface area contributed by atoms with Gasteiger partial charge in [-0.15, -0.1) is 10.2 Å². The van der Waals surface area contributed by atoms with Gasteiger partial charge in [0.15, 0.2) is 0 Å². The minimum absolute atomic E-state index is 0.0818. The third-order valence-corrected chi connectivity index (χ3v) is 13.0. The molecule has 3 N–H and O–H groups in total. The number of benzene rings is 2. The van der Waals surface area contributed by atoms with Crippen molar-refractivity contribution < 1.29 is 19.3 Å².